The molecule has 0 fully saturated rings. The molecule has 0 amide bonds. The molecule has 0 bridgehead atoms. The molecule has 1 heterocycles. The van der Waals surface area contributed by atoms with Crippen molar-refractivity contribution in [3.63, 3.8) is 0 Å². The lowest BCUT2D eigenvalue weighted by Crippen LogP contribution is -2.00. The standard InChI is InChI=1S/C25H28N2O/c1-16-11-12-17(2)23-22(16)20(10-6-7-15-26)24(27-23)21-14-13-18-8-4-5-9-19(18)25(21)28-3/h4-5,8-9,11-14,27H,6-7,10,15,26H2,1-3H3. The number of aromatic nitrogens is 1. The molecule has 144 valence electrons. The highest BCUT2D eigenvalue weighted by molar-refractivity contribution is 6.00. The predicted octanol–water partition coefficient (Wildman–Crippen LogP) is 5.89. The first-order valence-electron chi connectivity index (χ1n) is 10.0. The molecule has 0 aliphatic rings. The normalized spacial score (nSPS) is 11.4. The average molecular weight is 373 g/mol. The summed E-state index contributed by atoms with van der Waals surface area (Å²) < 4.78 is 5.91. The van der Waals surface area contributed by atoms with E-state index in [-0.39, 0.29) is 0 Å². The Bertz CT molecular complexity index is 1140. The minimum absolute atomic E-state index is 0.731. The molecular formula is C25H28N2O. The van der Waals surface area contributed by atoms with Crippen LogP contribution in [0, 0.1) is 13.8 Å². The van der Waals surface area contributed by atoms with E-state index < -0.39 is 0 Å². The zero-order chi connectivity index (χ0) is 19.7. The van der Waals surface area contributed by atoms with Gasteiger partial charge in [0.25, 0.3) is 0 Å². The molecule has 0 saturated heterocycles. The number of hydrogen-bond acceptors (Lipinski definition) is 2. The Morgan fingerprint density at radius 3 is 2.50 bits per heavy atom. The fourth-order valence-electron chi connectivity index (χ4n) is 4.27. The molecule has 3 nitrogen and oxygen atoms in total. The number of H-pyrrole nitrogens is 1. The van der Waals surface area contributed by atoms with Gasteiger partial charge in [-0.05, 0) is 67.8 Å². The molecule has 0 spiro atoms. The minimum atomic E-state index is 0.731. The Balaban J connectivity index is 2.00. The van der Waals surface area contributed by atoms with Crippen molar-refractivity contribution in [2.75, 3.05) is 13.7 Å². The summed E-state index contributed by atoms with van der Waals surface area (Å²) in [5.74, 6) is 0.931. The molecule has 3 aromatic carbocycles. The van der Waals surface area contributed by atoms with Crippen LogP contribution in [0.4, 0.5) is 0 Å². The maximum absolute atomic E-state index is 5.91. The van der Waals surface area contributed by atoms with E-state index in [2.05, 4.69) is 67.4 Å². The van der Waals surface area contributed by atoms with E-state index in [0.717, 1.165) is 42.5 Å². The number of aryl methyl sites for hydroxylation is 3. The van der Waals surface area contributed by atoms with E-state index in [1.807, 2.05) is 0 Å². The summed E-state index contributed by atoms with van der Waals surface area (Å²) in [6, 6.07) is 17.2. The largest absolute Gasteiger partial charge is 0.495 e. The van der Waals surface area contributed by atoms with Gasteiger partial charge in [-0.15, -0.1) is 0 Å². The van der Waals surface area contributed by atoms with Crippen molar-refractivity contribution in [2.24, 2.45) is 5.73 Å². The van der Waals surface area contributed by atoms with Crippen molar-refractivity contribution in [3.05, 3.63) is 65.2 Å². The SMILES string of the molecule is COc1c(-c2[nH]c3c(C)ccc(C)c3c2CCCCN)ccc2ccccc12. The van der Waals surface area contributed by atoms with Gasteiger partial charge >= 0.3 is 0 Å². The maximum atomic E-state index is 5.91. The number of hydrogen-bond donors (Lipinski definition) is 2. The highest BCUT2D eigenvalue weighted by Gasteiger charge is 2.19. The summed E-state index contributed by atoms with van der Waals surface area (Å²) in [7, 11) is 1.76. The first-order valence-corrected chi connectivity index (χ1v) is 10.0. The molecule has 4 rings (SSSR count). The Hall–Kier alpha value is -2.78. The zero-order valence-corrected chi connectivity index (χ0v) is 16.9. The summed E-state index contributed by atoms with van der Waals surface area (Å²) in [6.45, 7) is 5.10. The zero-order valence-electron chi connectivity index (χ0n) is 16.9. The first kappa shape index (κ1) is 18.6. The molecule has 0 saturated carbocycles. The van der Waals surface area contributed by atoms with Crippen molar-refractivity contribution < 1.29 is 4.74 Å². The van der Waals surface area contributed by atoms with Gasteiger partial charge in [0.1, 0.15) is 5.75 Å². The van der Waals surface area contributed by atoms with Crippen LogP contribution in [0.1, 0.15) is 29.5 Å². The summed E-state index contributed by atoms with van der Waals surface area (Å²) >= 11 is 0. The Kier molecular flexibility index (Phi) is 5.10. The van der Waals surface area contributed by atoms with Gasteiger partial charge in [-0.25, -0.2) is 0 Å². The van der Waals surface area contributed by atoms with E-state index in [1.54, 1.807) is 7.11 Å². The molecule has 3 heteroatoms. The molecule has 0 unspecified atom stereocenters. The van der Waals surface area contributed by atoms with Crippen molar-refractivity contribution in [1.29, 1.82) is 0 Å². The van der Waals surface area contributed by atoms with Crippen LogP contribution in [0.5, 0.6) is 5.75 Å². The van der Waals surface area contributed by atoms with Gasteiger partial charge in [0.2, 0.25) is 0 Å². The molecule has 0 aliphatic heterocycles. The van der Waals surface area contributed by atoms with Crippen LogP contribution in [0.25, 0.3) is 32.9 Å². The lowest BCUT2D eigenvalue weighted by molar-refractivity contribution is 0.421. The highest BCUT2D eigenvalue weighted by Crippen LogP contribution is 2.41. The average Bonchev–Trinajstić information content (AvgIpc) is 3.10. The third-order valence-electron chi connectivity index (χ3n) is 5.71. The molecule has 0 atom stereocenters. The van der Waals surface area contributed by atoms with E-state index in [0.29, 0.717) is 0 Å². The number of nitrogens with two attached hydrogens (primary N) is 1. The number of nitrogens with one attached hydrogen (secondary N) is 1. The lowest BCUT2D eigenvalue weighted by Gasteiger charge is -2.13. The fraction of sp³-hybridized carbons (Fsp3) is 0.280. The van der Waals surface area contributed by atoms with Gasteiger partial charge in [-0.3, -0.25) is 0 Å². The number of ether oxygens (including phenoxy) is 1. The van der Waals surface area contributed by atoms with Crippen molar-refractivity contribution in [3.8, 4) is 17.0 Å². The highest BCUT2D eigenvalue weighted by atomic mass is 16.5. The van der Waals surface area contributed by atoms with Gasteiger partial charge in [-0.1, -0.05) is 42.5 Å². The van der Waals surface area contributed by atoms with Gasteiger partial charge < -0.3 is 15.5 Å². The van der Waals surface area contributed by atoms with E-state index in [4.69, 9.17) is 10.5 Å². The minimum Gasteiger partial charge on any atom is -0.495 e. The molecule has 3 N–H and O–H groups in total. The molecule has 1 aromatic heterocycles. The Morgan fingerprint density at radius 1 is 0.929 bits per heavy atom. The Morgan fingerprint density at radius 2 is 1.71 bits per heavy atom. The monoisotopic (exact) mass is 372 g/mol. The number of unbranched alkanes of at least 4 members (excludes halogenated alkanes) is 1. The van der Waals surface area contributed by atoms with Gasteiger partial charge in [-0.2, -0.15) is 0 Å². The van der Waals surface area contributed by atoms with Crippen molar-refractivity contribution in [2.45, 2.75) is 33.1 Å². The second-order valence-corrected chi connectivity index (χ2v) is 7.54. The quantitative estimate of drug-likeness (QED) is 0.414. The number of methoxy groups -OCH3 is 1. The van der Waals surface area contributed by atoms with E-state index >= 15 is 0 Å². The molecular weight excluding hydrogens is 344 g/mol. The van der Waals surface area contributed by atoms with Gasteiger partial charge in [0, 0.05) is 21.9 Å². The topological polar surface area (TPSA) is 51.0 Å². The van der Waals surface area contributed by atoms with Crippen LogP contribution in [-0.2, 0) is 6.42 Å². The van der Waals surface area contributed by atoms with Crippen LogP contribution in [0.3, 0.4) is 0 Å². The van der Waals surface area contributed by atoms with Gasteiger partial charge in [0.15, 0.2) is 0 Å². The number of fused-ring (bicyclic) bond motifs is 2. The van der Waals surface area contributed by atoms with Crippen molar-refractivity contribution >= 4 is 21.7 Å². The van der Waals surface area contributed by atoms with Crippen LogP contribution in [-0.4, -0.2) is 18.6 Å². The lowest BCUT2D eigenvalue weighted by atomic mass is 9.95. The third-order valence-corrected chi connectivity index (χ3v) is 5.71. The summed E-state index contributed by atoms with van der Waals surface area (Å²) in [5, 5.41) is 3.68. The van der Waals surface area contributed by atoms with Crippen LogP contribution < -0.4 is 10.5 Å². The third kappa shape index (κ3) is 3.06. The number of benzene rings is 3. The molecule has 28 heavy (non-hydrogen) atoms. The molecule has 4 aromatic rings. The summed E-state index contributed by atoms with van der Waals surface area (Å²) in [5.41, 5.74) is 13.2. The number of aromatic amines is 1. The van der Waals surface area contributed by atoms with E-state index in [9.17, 15) is 0 Å². The maximum Gasteiger partial charge on any atom is 0.136 e. The molecule has 0 aliphatic carbocycles. The number of rotatable bonds is 6. The second-order valence-electron chi connectivity index (χ2n) is 7.54. The second kappa shape index (κ2) is 7.69. The van der Waals surface area contributed by atoms with Crippen LogP contribution in [0.15, 0.2) is 48.5 Å². The predicted molar refractivity (Wildman–Crippen MR) is 119 cm³/mol. The Labute approximate surface area is 166 Å². The van der Waals surface area contributed by atoms with Crippen LogP contribution in [0.2, 0.25) is 0 Å². The molecule has 0 radical (unpaired) electrons. The smallest absolute Gasteiger partial charge is 0.136 e. The van der Waals surface area contributed by atoms with Crippen LogP contribution >= 0.6 is 0 Å². The first-order chi connectivity index (χ1) is 13.7. The fourth-order valence-corrected chi connectivity index (χ4v) is 4.27. The van der Waals surface area contributed by atoms with Crippen molar-refractivity contribution in [1.82, 2.24) is 4.98 Å². The summed E-state index contributed by atoms with van der Waals surface area (Å²) in [4.78, 5) is 3.74. The summed E-state index contributed by atoms with van der Waals surface area (Å²) in [6.07, 6.45) is 3.12. The van der Waals surface area contributed by atoms with E-state index in [1.165, 1.54) is 38.7 Å². The van der Waals surface area contributed by atoms with Gasteiger partial charge in [0.05, 0.1) is 12.8 Å².